The van der Waals surface area contributed by atoms with Crippen molar-refractivity contribution in [2.24, 2.45) is 5.41 Å². The van der Waals surface area contributed by atoms with Crippen molar-refractivity contribution in [3.63, 3.8) is 0 Å². The molecule has 0 aliphatic carbocycles. The zero-order chi connectivity index (χ0) is 19.1. The number of aromatic amines is 2. The van der Waals surface area contributed by atoms with E-state index in [0.717, 1.165) is 47.4 Å². The third-order valence-corrected chi connectivity index (χ3v) is 5.15. The van der Waals surface area contributed by atoms with E-state index in [2.05, 4.69) is 32.4 Å². The maximum atomic E-state index is 12.8. The molecule has 0 bridgehead atoms. The molecule has 0 radical (unpaired) electrons. The van der Waals surface area contributed by atoms with Crippen molar-refractivity contribution in [2.45, 2.75) is 19.9 Å². The van der Waals surface area contributed by atoms with Gasteiger partial charge in [-0.05, 0) is 23.3 Å². The Morgan fingerprint density at radius 1 is 1.29 bits per heavy atom. The molecule has 0 amide bonds. The molecule has 1 fully saturated rings. The molecular formula is C20H20N6O2. The minimum Gasteiger partial charge on any atom is -0.380 e. The number of hydrogen-bond acceptors (Lipinski definition) is 5. The highest BCUT2D eigenvalue weighted by molar-refractivity contribution is 6.07. The lowest BCUT2D eigenvalue weighted by atomic mass is 9.89. The standard InChI is InChI=1S/C20H20N6O2/c1-20(11-28-12-20)10-26-9-13(6-23-26)4-18(27)19-16-3-2-14(5-17(16)24-25-19)15-7-21-22-8-15/h2-3,5-9H,4,10-12H2,1H3,(H,21,22)(H,24,25). The van der Waals surface area contributed by atoms with Crippen LogP contribution in [0.4, 0.5) is 0 Å². The highest BCUT2D eigenvalue weighted by Gasteiger charge is 2.34. The Morgan fingerprint density at radius 2 is 2.18 bits per heavy atom. The van der Waals surface area contributed by atoms with Crippen molar-refractivity contribution in [1.29, 1.82) is 0 Å². The van der Waals surface area contributed by atoms with Crippen LogP contribution in [0, 0.1) is 5.41 Å². The molecule has 142 valence electrons. The second kappa shape index (κ2) is 6.42. The molecule has 8 heteroatoms. The van der Waals surface area contributed by atoms with Crippen LogP contribution in [0.25, 0.3) is 22.0 Å². The number of Topliss-reactive ketones (excluding diaryl/α,β-unsaturated/α-hetero) is 1. The molecule has 1 aliphatic rings. The Bertz CT molecular complexity index is 1140. The first-order valence-electron chi connectivity index (χ1n) is 9.19. The Balaban J connectivity index is 1.34. The molecule has 1 saturated heterocycles. The van der Waals surface area contributed by atoms with Crippen LogP contribution in [-0.4, -0.2) is 49.2 Å². The number of nitrogens with one attached hydrogen (secondary N) is 2. The van der Waals surface area contributed by atoms with Gasteiger partial charge in [-0.3, -0.25) is 19.7 Å². The number of H-pyrrole nitrogens is 2. The normalized spacial score (nSPS) is 15.6. The highest BCUT2D eigenvalue weighted by Crippen LogP contribution is 2.28. The zero-order valence-corrected chi connectivity index (χ0v) is 15.5. The number of benzene rings is 1. The van der Waals surface area contributed by atoms with Crippen LogP contribution in [0.1, 0.15) is 23.0 Å². The second-order valence-corrected chi connectivity index (χ2v) is 7.77. The lowest BCUT2D eigenvalue weighted by Gasteiger charge is -2.37. The van der Waals surface area contributed by atoms with Gasteiger partial charge in [0.1, 0.15) is 5.69 Å². The Kier molecular flexibility index (Phi) is 3.87. The van der Waals surface area contributed by atoms with Crippen LogP contribution in [0.3, 0.4) is 0 Å². The maximum Gasteiger partial charge on any atom is 0.188 e. The fraction of sp³-hybridized carbons (Fsp3) is 0.300. The summed E-state index contributed by atoms with van der Waals surface area (Å²) in [5.74, 6) is -0.0277. The van der Waals surface area contributed by atoms with Gasteiger partial charge in [-0.15, -0.1) is 0 Å². The summed E-state index contributed by atoms with van der Waals surface area (Å²) in [6.07, 6.45) is 7.56. The molecule has 3 aromatic heterocycles. The van der Waals surface area contributed by atoms with Crippen molar-refractivity contribution >= 4 is 16.7 Å². The van der Waals surface area contributed by atoms with E-state index in [0.29, 0.717) is 5.69 Å². The topological polar surface area (TPSA) is 101 Å². The number of aromatic nitrogens is 6. The van der Waals surface area contributed by atoms with E-state index in [1.54, 1.807) is 12.4 Å². The Morgan fingerprint density at radius 3 is 2.93 bits per heavy atom. The predicted octanol–water partition coefficient (Wildman–Crippen LogP) is 2.61. The lowest BCUT2D eigenvalue weighted by molar-refractivity contribution is -0.111. The van der Waals surface area contributed by atoms with Gasteiger partial charge in [-0.25, -0.2) is 0 Å². The van der Waals surface area contributed by atoms with E-state index in [-0.39, 0.29) is 17.6 Å². The van der Waals surface area contributed by atoms with Crippen LogP contribution >= 0.6 is 0 Å². The highest BCUT2D eigenvalue weighted by atomic mass is 16.5. The largest absolute Gasteiger partial charge is 0.380 e. The number of nitrogens with zero attached hydrogens (tertiary/aromatic N) is 4. The third kappa shape index (κ3) is 3.01. The van der Waals surface area contributed by atoms with Gasteiger partial charge in [-0.2, -0.15) is 15.3 Å². The molecule has 28 heavy (non-hydrogen) atoms. The summed E-state index contributed by atoms with van der Waals surface area (Å²) in [4.78, 5) is 12.8. The summed E-state index contributed by atoms with van der Waals surface area (Å²) < 4.78 is 7.18. The van der Waals surface area contributed by atoms with Crippen LogP contribution < -0.4 is 0 Å². The van der Waals surface area contributed by atoms with Gasteiger partial charge in [-0.1, -0.05) is 13.0 Å². The maximum absolute atomic E-state index is 12.8. The van der Waals surface area contributed by atoms with Gasteiger partial charge in [0, 0.05) is 35.2 Å². The lowest BCUT2D eigenvalue weighted by Crippen LogP contribution is -2.43. The van der Waals surface area contributed by atoms with Crippen molar-refractivity contribution in [3.05, 3.63) is 54.2 Å². The number of carbonyl (C=O) groups is 1. The zero-order valence-electron chi connectivity index (χ0n) is 15.5. The number of ether oxygens (including phenoxy) is 1. The number of fused-ring (bicyclic) bond motifs is 1. The molecule has 1 aromatic carbocycles. The summed E-state index contributed by atoms with van der Waals surface area (Å²) >= 11 is 0. The molecule has 4 heterocycles. The van der Waals surface area contributed by atoms with Gasteiger partial charge in [0.2, 0.25) is 0 Å². The van der Waals surface area contributed by atoms with Gasteiger partial charge >= 0.3 is 0 Å². The second-order valence-electron chi connectivity index (χ2n) is 7.77. The SMILES string of the molecule is CC1(Cn2cc(CC(=O)c3n[nH]c4cc(-c5cn[nH]c5)ccc34)cn2)COC1. The molecular weight excluding hydrogens is 356 g/mol. The molecule has 8 nitrogen and oxygen atoms in total. The number of rotatable bonds is 6. The van der Waals surface area contributed by atoms with Gasteiger partial charge < -0.3 is 4.74 Å². The van der Waals surface area contributed by atoms with Crippen LogP contribution in [0.2, 0.25) is 0 Å². The summed E-state index contributed by atoms with van der Waals surface area (Å²) in [5, 5.41) is 19.2. The first kappa shape index (κ1) is 16.9. The fourth-order valence-electron chi connectivity index (χ4n) is 3.61. The van der Waals surface area contributed by atoms with E-state index in [1.165, 1.54) is 0 Å². The molecule has 0 spiro atoms. The van der Waals surface area contributed by atoms with Crippen LogP contribution in [-0.2, 0) is 17.7 Å². The van der Waals surface area contributed by atoms with Crippen LogP contribution in [0.5, 0.6) is 0 Å². The quantitative estimate of drug-likeness (QED) is 0.504. The molecule has 0 unspecified atom stereocenters. The molecule has 1 aliphatic heterocycles. The summed E-state index contributed by atoms with van der Waals surface area (Å²) in [6, 6.07) is 5.87. The Labute approximate surface area is 160 Å². The van der Waals surface area contributed by atoms with E-state index in [1.807, 2.05) is 35.3 Å². The summed E-state index contributed by atoms with van der Waals surface area (Å²) in [7, 11) is 0. The Hall–Kier alpha value is -3.26. The fourth-order valence-corrected chi connectivity index (χ4v) is 3.61. The number of hydrogen-bond donors (Lipinski definition) is 2. The number of ketones is 1. The van der Waals surface area contributed by atoms with E-state index in [4.69, 9.17) is 4.74 Å². The molecule has 5 rings (SSSR count). The first-order chi connectivity index (χ1) is 13.6. The van der Waals surface area contributed by atoms with Gasteiger partial charge in [0.25, 0.3) is 0 Å². The van der Waals surface area contributed by atoms with Crippen molar-refractivity contribution in [3.8, 4) is 11.1 Å². The molecule has 4 aromatic rings. The smallest absolute Gasteiger partial charge is 0.188 e. The van der Waals surface area contributed by atoms with Crippen LogP contribution in [0.15, 0.2) is 43.0 Å². The molecule has 2 N–H and O–H groups in total. The minimum atomic E-state index is -0.0277. The average molecular weight is 376 g/mol. The summed E-state index contributed by atoms with van der Waals surface area (Å²) in [6.45, 7) is 4.47. The minimum absolute atomic E-state index is 0.0277. The van der Waals surface area contributed by atoms with Crippen molar-refractivity contribution in [2.75, 3.05) is 13.2 Å². The summed E-state index contributed by atoms with van der Waals surface area (Å²) in [5.41, 5.74) is 4.32. The first-order valence-corrected chi connectivity index (χ1v) is 9.19. The van der Waals surface area contributed by atoms with E-state index >= 15 is 0 Å². The molecule has 0 saturated carbocycles. The average Bonchev–Trinajstić information content (AvgIpc) is 3.40. The molecule has 0 atom stereocenters. The van der Waals surface area contributed by atoms with Gasteiger partial charge in [0.15, 0.2) is 5.78 Å². The van der Waals surface area contributed by atoms with Crippen molar-refractivity contribution in [1.82, 2.24) is 30.2 Å². The van der Waals surface area contributed by atoms with Crippen molar-refractivity contribution < 1.29 is 9.53 Å². The monoisotopic (exact) mass is 376 g/mol. The van der Waals surface area contributed by atoms with E-state index < -0.39 is 0 Å². The number of carbonyl (C=O) groups excluding carboxylic acids is 1. The van der Waals surface area contributed by atoms with Gasteiger partial charge in [0.05, 0.1) is 37.7 Å². The van der Waals surface area contributed by atoms with E-state index in [9.17, 15) is 4.79 Å². The predicted molar refractivity (Wildman–Crippen MR) is 103 cm³/mol. The third-order valence-electron chi connectivity index (χ3n) is 5.15.